The van der Waals surface area contributed by atoms with Crippen LogP contribution in [0.2, 0.25) is 0 Å². The van der Waals surface area contributed by atoms with Gasteiger partial charge >= 0.3 is 0 Å². The van der Waals surface area contributed by atoms with Gasteiger partial charge in [0, 0.05) is 42.0 Å². The zero-order valence-corrected chi connectivity index (χ0v) is 15.5. The van der Waals surface area contributed by atoms with E-state index in [1.807, 2.05) is 37.5 Å². The summed E-state index contributed by atoms with van der Waals surface area (Å²) in [5.41, 5.74) is 3.09. The minimum absolute atomic E-state index is 0.118. The summed E-state index contributed by atoms with van der Waals surface area (Å²) in [7, 11) is 3.65. The molecule has 2 aromatic rings. The van der Waals surface area contributed by atoms with Gasteiger partial charge in [-0.25, -0.2) is 0 Å². The predicted molar refractivity (Wildman–Crippen MR) is 103 cm³/mol. The molecule has 0 radical (unpaired) electrons. The molecule has 1 aromatic carbocycles. The standard InChI is InChI=1S/C21H27N3O2/c1-22-19-8-5-15(6-9-19)21(25)24-14-18-12-16(7-10-20(18)26-2)17-4-3-11-23-13-17/h3-4,7,10-13,15,19,22H,5-6,8-9,14H2,1-2H3,(H,24,25). The minimum atomic E-state index is 0.118. The first kappa shape index (κ1) is 18.4. The van der Waals surface area contributed by atoms with Crippen molar-refractivity contribution in [1.29, 1.82) is 0 Å². The number of carbonyl (C=O) groups is 1. The van der Waals surface area contributed by atoms with Crippen molar-refractivity contribution in [3.05, 3.63) is 48.3 Å². The van der Waals surface area contributed by atoms with Crippen LogP contribution in [0.5, 0.6) is 5.75 Å². The number of methoxy groups -OCH3 is 1. The molecular weight excluding hydrogens is 326 g/mol. The zero-order valence-electron chi connectivity index (χ0n) is 15.5. The van der Waals surface area contributed by atoms with Crippen molar-refractivity contribution in [1.82, 2.24) is 15.6 Å². The number of hydrogen-bond donors (Lipinski definition) is 2. The molecule has 0 unspecified atom stereocenters. The summed E-state index contributed by atoms with van der Waals surface area (Å²) in [5.74, 6) is 1.05. The fourth-order valence-corrected chi connectivity index (χ4v) is 3.60. The third kappa shape index (κ3) is 4.41. The first-order valence-electron chi connectivity index (χ1n) is 9.23. The van der Waals surface area contributed by atoms with E-state index in [0.717, 1.165) is 48.1 Å². The number of hydrogen-bond acceptors (Lipinski definition) is 4. The van der Waals surface area contributed by atoms with Gasteiger partial charge in [-0.15, -0.1) is 0 Å². The smallest absolute Gasteiger partial charge is 0.223 e. The van der Waals surface area contributed by atoms with Crippen LogP contribution in [-0.4, -0.2) is 31.1 Å². The van der Waals surface area contributed by atoms with Crippen molar-refractivity contribution in [3.63, 3.8) is 0 Å². The van der Waals surface area contributed by atoms with Crippen molar-refractivity contribution in [3.8, 4) is 16.9 Å². The fourth-order valence-electron chi connectivity index (χ4n) is 3.60. The second-order valence-corrected chi connectivity index (χ2v) is 6.82. The molecule has 3 rings (SSSR count). The maximum absolute atomic E-state index is 12.5. The molecule has 0 spiro atoms. The number of pyridine rings is 1. The normalized spacial score (nSPS) is 19.8. The van der Waals surface area contributed by atoms with Gasteiger partial charge in [-0.1, -0.05) is 12.1 Å². The second kappa shape index (κ2) is 8.81. The summed E-state index contributed by atoms with van der Waals surface area (Å²) in [6.45, 7) is 0.474. The maximum atomic E-state index is 12.5. The molecule has 1 aromatic heterocycles. The lowest BCUT2D eigenvalue weighted by molar-refractivity contribution is -0.126. The summed E-state index contributed by atoms with van der Waals surface area (Å²) in [5, 5.41) is 6.40. The number of rotatable bonds is 6. The Bertz CT molecular complexity index is 725. The van der Waals surface area contributed by atoms with E-state index in [1.54, 1.807) is 13.3 Å². The van der Waals surface area contributed by atoms with Crippen LogP contribution in [0, 0.1) is 5.92 Å². The number of nitrogens with one attached hydrogen (secondary N) is 2. The molecule has 5 heteroatoms. The Balaban J connectivity index is 1.66. The molecule has 0 bridgehead atoms. The maximum Gasteiger partial charge on any atom is 0.223 e. The van der Waals surface area contributed by atoms with Crippen molar-refractivity contribution < 1.29 is 9.53 Å². The zero-order chi connectivity index (χ0) is 18.4. The molecule has 1 heterocycles. The molecule has 138 valence electrons. The van der Waals surface area contributed by atoms with Gasteiger partial charge in [-0.3, -0.25) is 9.78 Å². The third-order valence-corrected chi connectivity index (χ3v) is 5.23. The average Bonchev–Trinajstić information content (AvgIpc) is 2.72. The number of nitrogens with zero attached hydrogens (tertiary/aromatic N) is 1. The van der Waals surface area contributed by atoms with E-state index in [-0.39, 0.29) is 11.8 Å². The molecule has 2 N–H and O–H groups in total. The van der Waals surface area contributed by atoms with Crippen molar-refractivity contribution in [2.45, 2.75) is 38.3 Å². The lowest BCUT2D eigenvalue weighted by Gasteiger charge is -2.27. The molecule has 1 saturated carbocycles. The molecule has 1 amide bonds. The monoisotopic (exact) mass is 353 g/mol. The summed E-state index contributed by atoms with van der Waals surface area (Å²) >= 11 is 0. The number of benzene rings is 1. The Hall–Kier alpha value is -2.40. The molecule has 1 aliphatic rings. The quantitative estimate of drug-likeness (QED) is 0.837. The van der Waals surface area contributed by atoms with E-state index in [0.29, 0.717) is 12.6 Å². The van der Waals surface area contributed by atoms with Gasteiger partial charge in [-0.05, 0) is 56.5 Å². The summed E-state index contributed by atoms with van der Waals surface area (Å²) in [4.78, 5) is 16.7. The van der Waals surface area contributed by atoms with Gasteiger partial charge in [0.25, 0.3) is 0 Å². The highest BCUT2D eigenvalue weighted by atomic mass is 16.5. The molecule has 26 heavy (non-hydrogen) atoms. The largest absolute Gasteiger partial charge is 0.496 e. The van der Waals surface area contributed by atoms with Gasteiger partial charge < -0.3 is 15.4 Å². The highest BCUT2D eigenvalue weighted by Gasteiger charge is 2.25. The molecule has 0 atom stereocenters. The number of amides is 1. The molecule has 0 saturated heterocycles. The summed E-state index contributed by atoms with van der Waals surface area (Å²) < 4.78 is 5.47. The molecular formula is C21H27N3O2. The summed E-state index contributed by atoms with van der Waals surface area (Å²) in [6.07, 6.45) is 7.62. The Kier molecular flexibility index (Phi) is 6.23. The first-order chi connectivity index (χ1) is 12.7. The third-order valence-electron chi connectivity index (χ3n) is 5.23. The lowest BCUT2D eigenvalue weighted by Crippen LogP contribution is -2.37. The molecule has 1 aliphatic carbocycles. The number of carbonyl (C=O) groups excluding carboxylic acids is 1. The van der Waals surface area contributed by atoms with E-state index in [4.69, 9.17) is 4.74 Å². The highest BCUT2D eigenvalue weighted by Crippen LogP contribution is 2.27. The van der Waals surface area contributed by atoms with Crippen molar-refractivity contribution >= 4 is 5.91 Å². The van der Waals surface area contributed by atoms with E-state index in [1.165, 1.54) is 0 Å². The second-order valence-electron chi connectivity index (χ2n) is 6.82. The Labute approximate surface area is 155 Å². The highest BCUT2D eigenvalue weighted by molar-refractivity contribution is 5.79. The van der Waals surface area contributed by atoms with Crippen LogP contribution < -0.4 is 15.4 Å². The predicted octanol–water partition coefficient (Wildman–Crippen LogP) is 3.15. The Morgan fingerprint density at radius 3 is 2.65 bits per heavy atom. The Morgan fingerprint density at radius 1 is 1.19 bits per heavy atom. The molecule has 1 fully saturated rings. The fraction of sp³-hybridized carbons (Fsp3) is 0.429. The number of ether oxygens (including phenoxy) is 1. The van der Waals surface area contributed by atoms with E-state index in [2.05, 4.69) is 21.7 Å². The van der Waals surface area contributed by atoms with Crippen LogP contribution in [0.25, 0.3) is 11.1 Å². The van der Waals surface area contributed by atoms with Gasteiger partial charge in [0.15, 0.2) is 0 Å². The van der Waals surface area contributed by atoms with Crippen molar-refractivity contribution in [2.24, 2.45) is 5.92 Å². The SMILES string of the molecule is CNC1CCC(C(=O)NCc2cc(-c3cccnc3)ccc2OC)CC1. The van der Waals surface area contributed by atoms with Crippen LogP contribution >= 0.6 is 0 Å². The molecule has 5 nitrogen and oxygen atoms in total. The topological polar surface area (TPSA) is 63.2 Å². The average molecular weight is 353 g/mol. The van der Waals surface area contributed by atoms with Gasteiger partial charge in [0.2, 0.25) is 5.91 Å². The Morgan fingerprint density at radius 2 is 2.00 bits per heavy atom. The summed E-state index contributed by atoms with van der Waals surface area (Å²) in [6, 6.07) is 10.5. The van der Waals surface area contributed by atoms with Crippen molar-refractivity contribution in [2.75, 3.05) is 14.2 Å². The van der Waals surface area contributed by atoms with Crippen LogP contribution in [0.1, 0.15) is 31.2 Å². The van der Waals surface area contributed by atoms with E-state index >= 15 is 0 Å². The number of aromatic nitrogens is 1. The van der Waals surface area contributed by atoms with E-state index < -0.39 is 0 Å². The van der Waals surface area contributed by atoms with Crippen LogP contribution in [-0.2, 0) is 11.3 Å². The van der Waals surface area contributed by atoms with Gasteiger partial charge in [-0.2, -0.15) is 0 Å². The minimum Gasteiger partial charge on any atom is -0.496 e. The lowest BCUT2D eigenvalue weighted by atomic mass is 9.85. The van der Waals surface area contributed by atoms with E-state index in [9.17, 15) is 4.79 Å². The van der Waals surface area contributed by atoms with Crippen LogP contribution in [0.3, 0.4) is 0 Å². The van der Waals surface area contributed by atoms with Crippen LogP contribution in [0.15, 0.2) is 42.7 Å². The first-order valence-corrected chi connectivity index (χ1v) is 9.23. The van der Waals surface area contributed by atoms with Gasteiger partial charge in [0.1, 0.15) is 5.75 Å². The van der Waals surface area contributed by atoms with Gasteiger partial charge in [0.05, 0.1) is 7.11 Å². The molecule has 0 aliphatic heterocycles. The van der Waals surface area contributed by atoms with Crippen LogP contribution in [0.4, 0.5) is 0 Å².